The Morgan fingerprint density at radius 1 is 1.71 bits per heavy atom. The van der Waals surface area contributed by atoms with Crippen molar-refractivity contribution in [3.8, 4) is 0 Å². The number of allylic oxidation sites excluding steroid dienone is 1. The fraction of sp³-hybridized carbons (Fsp3) is 0.273. The summed E-state index contributed by atoms with van der Waals surface area (Å²) in [4.78, 5) is 14.8. The largest absolute Gasteiger partial charge is 0.478 e. The lowest BCUT2D eigenvalue weighted by molar-refractivity contribution is -0.131. The van der Waals surface area contributed by atoms with Crippen molar-refractivity contribution in [2.45, 2.75) is 13.3 Å². The van der Waals surface area contributed by atoms with Gasteiger partial charge in [-0.2, -0.15) is 0 Å². The third kappa shape index (κ3) is 1.41. The van der Waals surface area contributed by atoms with E-state index in [9.17, 15) is 4.79 Å². The van der Waals surface area contributed by atoms with E-state index in [2.05, 4.69) is 4.98 Å². The molecular weight excluding hydrogens is 178 g/mol. The van der Waals surface area contributed by atoms with E-state index in [1.54, 1.807) is 6.20 Å². The van der Waals surface area contributed by atoms with Crippen molar-refractivity contribution in [1.82, 2.24) is 4.98 Å². The summed E-state index contributed by atoms with van der Waals surface area (Å²) in [7, 11) is 0. The number of carboxylic acid groups (broad SMARTS) is 1. The molecule has 0 saturated heterocycles. The van der Waals surface area contributed by atoms with Crippen LogP contribution in [0.1, 0.15) is 18.2 Å². The van der Waals surface area contributed by atoms with E-state index < -0.39 is 5.97 Å². The molecule has 1 aromatic rings. The third-order valence-corrected chi connectivity index (χ3v) is 2.51. The van der Waals surface area contributed by atoms with Crippen molar-refractivity contribution in [3.05, 3.63) is 35.7 Å². The number of fused-ring (bicyclic) bond motifs is 1. The van der Waals surface area contributed by atoms with E-state index >= 15 is 0 Å². The van der Waals surface area contributed by atoms with Crippen LogP contribution >= 0.6 is 0 Å². The maximum absolute atomic E-state index is 10.6. The normalized spacial score (nSPS) is 22.4. The van der Waals surface area contributed by atoms with Crippen LogP contribution in [0.25, 0.3) is 5.57 Å². The molecule has 0 aliphatic heterocycles. The van der Waals surface area contributed by atoms with Crippen LogP contribution in [-0.2, 0) is 11.2 Å². The number of hydrogen-bond donors (Lipinski definition) is 1. The van der Waals surface area contributed by atoms with Crippen LogP contribution in [0.3, 0.4) is 0 Å². The zero-order chi connectivity index (χ0) is 10.1. The van der Waals surface area contributed by atoms with Gasteiger partial charge in [-0.25, -0.2) is 4.79 Å². The van der Waals surface area contributed by atoms with Crippen molar-refractivity contribution in [2.75, 3.05) is 0 Å². The number of aromatic nitrogens is 1. The lowest BCUT2D eigenvalue weighted by Crippen LogP contribution is -1.95. The second kappa shape index (κ2) is 3.25. The van der Waals surface area contributed by atoms with Crippen molar-refractivity contribution < 1.29 is 9.90 Å². The Morgan fingerprint density at radius 2 is 2.50 bits per heavy atom. The second-order valence-corrected chi connectivity index (χ2v) is 3.54. The molecule has 14 heavy (non-hydrogen) atoms. The van der Waals surface area contributed by atoms with Gasteiger partial charge >= 0.3 is 5.97 Å². The van der Waals surface area contributed by atoms with E-state index in [0.29, 0.717) is 0 Å². The highest BCUT2D eigenvalue weighted by atomic mass is 16.4. The Bertz CT molecular complexity index is 410. The van der Waals surface area contributed by atoms with Gasteiger partial charge in [0.2, 0.25) is 0 Å². The van der Waals surface area contributed by atoms with Crippen LogP contribution in [0.2, 0.25) is 0 Å². The second-order valence-electron chi connectivity index (χ2n) is 3.54. The molecule has 0 spiro atoms. The molecular formula is C11H11NO2. The standard InChI is InChI=1S/C11H11NO2/c1-7-5-10-8(3-2-4-12-10)9(7)6-11(13)14/h2-4,6-7H,5H2,1H3,(H,13,14)/b9-6+. The van der Waals surface area contributed by atoms with Crippen molar-refractivity contribution >= 4 is 11.5 Å². The zero-order valence-corrected chi connectivity index (χ0v) is 7.90. The Labute approximate surface area is 82.1 Å². The average Bonchev–Trinajstić information content (AvgIpc) is 2.43. The van der Waals surface area contributed by atoms with Crippen molar-refractivity contribution in [2.24, 2.45) is 5.92 Å². The van der Waals surface area contributed by atoms with Crippen LogP contribution in [0.15, 0.2) is 24.4 Å². The Morgan fingerprint density at radius 3 is 3.21 bits per heavy atom. The maximum atomic E-state index is 10.6. The molecule has 0 aromatic carbocycles. The van der Waals surface area contributed by atoms with E-state index in [1.807, 2.05) is 19.1 Å². The summed E-state index contributed by atoms with van der Waals surface area (Å²) in [5.74, 6) is -0.625. The van der Waals surface area contributed by atoms with Crippen LogP contribution < -0.4 is 0 Å². The number of carboxylic acids is 1. The van der Waals surface area contributed by atoms with E-state index in [-0.39, 0.29) is 5.92 Å². The van der Waals surface area contributed by atoms with Crippen molar-refractivity contribution in [1.29, 1.82) is 0 Å². The molecule has 72 valence electrons. The summed E-state index contributed by atoms with van der Waals surface area (Å²) in [6.07, 6.45) is 3.88. The summed E-state index contributed by atoms with van der Waals surface area (Å²) >= 11 is 0. The SMILES string of the molecule is CC1Cc2ncccc2/C1=C/C(=O)O. The summed E-state index contributed by atoms with van der Waals surface area (Å²) in [5, 5.41) is 8.72. The first-order valence-electron chi connectivity index (χ1n) is 4.57. The van der Waals surface area contributed by atoms with Gasteiger partial charge in [0.1, 0.15) is 0 Å². The summed E-state index contributed by atoms with van der Waals surface area (Å²) in [5.41, 5.74) is 2.88. The van der Waals surface area contributed by atoms with Gasteiger partial charge in [0.15, 0.2) is 0 Å². The molecule has 1 unspecified atom stereocenters. The minimum atomic E-state index is -0.886. The molecule has 1 aromatic heterocycles. The fourth-order valence-electron chi connectivity index (χ4n) is 1.88. The van der Waals surface area contributed by atoms with Gasteiger partial charge in [-0.1, -0.05) is 13.0 Å². The molecule has 2 rings (SSSR count). The zero-order valence-electron chi connectivity index (χ0n) is 7.90. The molecule has 0 fully saturated rings. The minimum absolute atomic E-state index is 0.260. The summed E-state index contributed by atoms with van der Waals surface area (Å²) < 4.78 is 0. The quantitative estimate of drug-likeness (QED) is 0.684. The molecule has 1 atom stereocenters. The van der Waals surface area contributed by atoms with Crippen LogP contribution in [0.4, 0.5) is 0 Å². The van der Waals surface area contributed by atoms with Crippen molar-refractivity contribution in [3.63, 3.8) is 0 Å². The number of aliphatic carboxylic acids is 1. The minimum Gasteiger partial charge on any atom is -0.478 e. The topological polar surface area (TPSA) is 50.2 Å². The lowest BCUT2D eigenvalue weighted by Gasteiger charge is -2.02. The molecule has 0 amide bonds. The van der Waals surface area contributed by atoms with Crippen LogP contribution in [0, 0.1) is 5.92 Å². The predicted molar refractivity (Wildman–Crippen MR) is 52.7 cm³/mol. The van der Waals surface area contributed by atoms with Crippen LogP contribution in [0.5, 0.6) is 0 Å². The van der Waals surface area contributed by atoms with Gasteiger partial charge in [0, 0.05) is 18.0 Å². The molecule has 1 aliphatic carbocycles. The molecule has 3 heteroatoms. The van der Waals surface area contributed by atoms with Gasteiger partial charge in [-0.05, 0) is 29.5 Å². The highest BCUT2D eigenvalue weighted by molar-refractivity contribution is 5.92. The Hall–Kier alpha value is -1.64. The first-order chi connectivity index (χ1) is 6.68. The monoisotopic (exact) mass is 189 g/mol. The number of hydrogen-bond acceptors (Lipinski definition) is 2. The molecule has 1 aliphatic rings. The molecule has 1 heterocycles. The number of nitrogens with zero attached hydrogens (tertiary/aromatic N) is 1. The number of pyridine rings is 1. The highest BCUT2D eigenvalue weighted by Gasteiger charge is 2.24. The number of rotatable bonds is 1. The predicted octanol–water partition coefficient (Wildman–Crippen LogP) is 1.74. The summed E-state index contributed by atoms with van der Waals surface area (Å²) in [6, 6.07) is 3.77. The molecule has 0 bridgehead atoms. The molecule has 1 N–H and O–H groups in total. The molecule has 0 saturated carbocycles. The fourth-order valence-corrected chi connectivity index (χ4v) is 1.88. The van der Waals surface area contributed by atoms with Crippen LogP contribution in [-0.4, -0.2) is 16.1 Å². The van der Waals surface area contributed by atoms with Gasteiger partial charge < -0.3 is 5.11 Å². The Kier molecular flexibility index (Phi) is 2.08. The average molecular weight is 189 g/mol. The number of carbonyl (C=O) groups is 1. The van der Waals surface area contributed by atoms with E-state index in [1.165, 1.54) is 6.08 Å². The lowest BCUT2D eigenvalue weighted by atomic mass is 10.0. The first-order valence-corrected chi connectivity index (χ1v) is 4.57. The van der Waals surface area contributed by atoms with Gasteiger partial charge in [-0.3, -0.25) is 4.98 Å². The summed E-state index contributed by atoms with van der Waals surface area (Å²) in [6.45, 7) is 2.02. The smallest absolute Gasteiger partial charge is 0.328 e. The molecule has 3 nitrogen and oxygen atoms in total. The van der Waals surface area contributed by atoms with Gasteiger partial charge in [-0.15, -0.1) is 0 Å². The maximum Gasteiger partial charge on any atom is 0.328 e. The Balaban J connectivity index is 2.50. The molecule has 0 radical (unpaired) electrons. The third-order valence-electron chi connectivity index (χ3n) is 2.51. The first kappa shape index (κ1) is 8.94. The highest BCUT2D eigenvalue weighted by Crippen LogP contribution is 2.35. The van der Waals surface area contributed by atoms with Gasteiger partial charge in [0.25, 0.3) is 0 Å². The van der Waals surface area contributed by atoms with Gasteiger partial charge in [0.05, 0.1) is 0 Å². The van der Waals surface area contributed by atoms with E-state index in [0.717, 1.165) is 23.3 Å². The van der Waals surface area contributed by atoms with E-state index in [4.69, 9.17) is 5.11 Å².